The molecule has 17 heavy (non-hydrogen) atoms. The Hall–Kier alpha value is -1.09. The first-order valence-electron chi connectivity index (χ1n) is 6.35. The molecule has 94 valence electrons. The molecule has 1 saturated carbocycles. The summed E-state index contributed by atoms with van der Waals surface area (Å²) >= 11 is 0. The first-order valence-corrected chi connectivity index (χ1v) is 6.35. The Morgan fingerprint density at radius 3 is 2.65 bits per heavy atom. The molecule has 0 saturated heterocycles. The number of hydrogen-bond acceptors (Lipinski definition) is 3. The van der Waals surface area contributed by atoms with Crippen LogP contribution in [0.1, 0.15) is 36.6 Å². The summed E-state index contributed by atoms with van der Waals surface area (Å²) in [7, 11) is 2.09. The van der Waals surface area contributed by atoms with Crippen molar-refractivity contribution in [1.82, 2.24) is 4.98 Å². The minimum absolute atomic E-state index is 0.0656. The molecule has 0 amide bonds. The van der Waals surface area contributed by atoms with E-state index in [9.17, 15) is 5.11 Å². The van der Waals surface area contributed by atoms with Gasteiger partial charge in [-0.3, -0.25) is 0 Å². The van der Waals surface area contributed by atoms with Gasteiger partial charge in [0.1, 0.15) is 5.82 Å². The second-order valence-electron chi connectivity index (χ2n) is 5.23. The van der Waals surface area contributed by atoms with Crippen LogP contribution in [0.15, 0.2) is 6.07 Å². The van der Waals surface area contributed by atoms with Crippen LogP contribution in [0.3, 0.4) is 0 Å². The zero-order valence-electron chi connectivity index (χ0n) is 11.2. The third kappa shape index (κ3) is 2.44. The zero-order chi connectivity index (χ0) is 12.6. The monoisotopic (exact) mass is 234 g/mol. The summed E-state index contributed by atoms with van der Waals surface area (Å²) in [5.41, 5.74) is 3.11. The van der Waals surface area contributed by atoms with Gasteiger partial charge >= 0.3 is 0 Å². The summed E-state index contributed by atoms with van der Waals surface area (Å²) in [6.45, 7) is 6.36. The van der Waals surface area contributed by atoms with E-state index in [1.807, 2.05) is 19.9 Å². The van der Waals surface area contributed by atoms with Crippen molar-refractivity contribution < 1.29 is 5.11 Å². The highest BCUT2D eigenvalue weighted by Crippen LogP contribution is 2.36. The standard InChI is InChI=1S/C14H22N2O/c1-9-7-10(2)15-14(13(9)8-17)16(4)11(3)12-5-6-12/h7,11-12,17H,5-6,8H2,1-4H3. The Morgan fingerprint density at radius 1 is 1.47 bits per heavy atom. The van der Waals surface area contributed by atoms with Crippen LogP contribution in [0.4, 0.5) is 5.82 Å². The number of aliphatic hydroxyl groups excluding tert-OH is 1. The maximum atomic E-state index is 9.51. The lowest BCUT2D eigenvalue weighted by Gasteiger charge is -2.28. The Labute approximate surface area is 103 Å². The number of nitrogens with zero attached hydrogens (tertiary/aromatic N) is 2. The van der Waals surface area contributed by atoms with Gasteiger partial charge in [-0.25, -0.2) is 4.98 Å². The van der Waals surface area contributed by atoms with Gasteiger partial charge in [-0.1, -0.05) is 0 Å². The molecule has 3 nitrogen and oxygen atoms in total. The van der Waals surface area contributed by atoms with E-state index in [1.165, 1.54) is 12.8 Å². The average Bonchev–Trinajstić information content (AvgIpc) is 3.10. The number of anilines is 1. The third-order valence-corrected chi connectivity index (χ3v) is 3.86. The fourth-order valence-corrected chi connectivity index (χ4v) is 2.42. The van der Waals surface area contributed by atoms with E-state index in [2.05, 4.69) is 23.9 Å². The summed E-state index contributed by atoms with van der Waals surface area (Å²) in [6.07, 6.45) is 2.65. The van der Waals surface area contributed by atoms with Gasteiger partial charge in [-0.15, -0.1) is 0 Å². The first-order chi connectivity index (χ1) is 8.04. The van der Waals surface area contributed by atoms with Gasteiger partial charge in [0.25, 0.3) is 0 Å². The summed E-state index contributed by atoms with van der Waals surface area (Å²) in [6, 6.07) is 2.54. The van der Waals surface area contributed by atoms with E-state index in [4.69, 9.17) is 0 Å². The number of aromatic nitrogens is 1. The number of pyridine rings is 1. The predicted molar refractivity (Wildman–Crippen MR) is 70.2 cm³/mol. The van der Waals surface area contributed by atoms with E-state index in [0.29, 0.717) is 6.04 Å². The van der Waals surface area contributed by atoms with Crippen LogP contribution in [-0.4, -0.2) is 23.2 Å². The van der Waals surface area contributed by atoms with Gasteiger partial charge in [-0.2, -0.15) is 0 Å². The smallest absolute Gasteiger partial charge is 0.134 e. The molecule has 1 aliphatic rings. The molecule has 1 aliphatic carbocycles. The van der Waals surface area contributed by atoms with Crippen LogP contribution < -0.4 is 4.90 Å². The maximum absolute atomic E-state index is 9.51. The van der Waals surface area contributed by atoms with E-state index in [1.54, 1.807) is 0 Å². The van der Waals surface area contributed by atoms with Crippen LogP contribution in [-0.2, 0) is 6.61 Å². The molecule has 2 rings (SSSR count). The first kappa shape index (κ1) is 12.4. The van der Waals surface area contributed by atoms with Crippen molar-refractivity contribution in [3.8, 4) is 0 Å². The highest BCUT2D eigenvalue weighted by Gasteiger charge is 2.31. The molecule has 1 fully saturated rings. The summed E-state index contributed by atoms with van der Waals surface area (Å²) in [5.74, 6) is 1.75. The average molecular weight is 234 g/mol. The van der Waals surface area contributed by atoms with E-state index in [-0.39, 0.29) is 6.61 Å². The largest absolute Gasteiger partial charge is 0.392 e. The second kappa shape index (κ2) is 4.65. The Kier molecular flexibility index (Phi) is 3.38. The number of aryl methyl sites for hydroxylation is 2. The second-order valence-corrected chi connectivity index (χ2v) is 5.23. The van der Waals surface area contributed by atoms with Crippen LogP contribution in [0, 0.1) is 19.8 Å². The molecule has 1 heterocycles. The third-order valence-electron chi connectivity index (χ3n) is 3.86. The molecule has 0 aromatic carbocycles. The van der Waals surface area contributed by atoms with E-state index < -0.39 is 0 Å². The summed E-state index contributed by atoms with van der Waals surface area (Å²) in [5, 5.41) is 9.51. The van der Waals surface area contributed by atoms with Crippen molar-refractivity contribution in [3.63, 3.8) is 0 Å². The Bertz CT molecular complexity index is 413. The lowest BCUT2D eigenvalue weighted by molar-refractivity contribution is 0.280. The topological polar surface area (TPSA) is 36.4 Å². The molecule has 1 aromatic rings. The SMILES string of the molecule is Cc1cc(C)c(CO)c(N(C)C(C)C2CC2)n1. The molecule has 0 radical (unpaired) electrons. The quantitative estimate of drug-likeness (QED) is 0.869. The van der Waals surface area contributed by atoms with Gasteiger partial charge in [0.15, 0.2) is 0 Å². The molecule has 1 N–H and O–H groups in total. The van der Waals surface area contributed by atoms with Gasteiger partial charge in [0.2, 0.25) is 0 Å². The van der Waals surface area contributed by atoms with Crippen molar-refractivity contribution >= 4 is 5.82 Å². The molecule has 0 spiro atoms. The van der Waals surface area contributed by atoms with E-state index in [0.717, 1.165) is 28.6 Å². The van der Waals surface area contributed by atoms with Crippen molar-refractivity contribution in [1.29, 1.82) is 0 Å². The van der Waals surface area contributed by atoms with Crippen LogP contribution in [0.2, 0.25) is 0 Å². The van der Waals surface area contributed by atoms with Gasteiger partial charge in [0, 0.05) is 24.3 Å². The van der Waals surface area contributed by atoms with Crippen LogP contribution in [0.5, 0.6) is 0 Å². The van der Waals surface area contributed by atoms with Crippen LogP contribution in [0.25, 0.3) is 0 Å². The Balaban J connectivity index is 2.35. The van der Waals surface area contributed by atoms with Crippen molar-refractivity contribution in [2.45, 2.75) is 46.3 Å². The van der Waals surface area contributed by atoms with Crippen molar-refractivity contribution in [2.75, 3.05) is 11.9 Å². The fourth-order valence-electron chi connectivity index (χ4n) is 2.42. The van der Waals surface area contributed by atoms with Crippen LogP contribution >= 0.6 is 0 Å². The van der Waals surface area contributed by atoms with Gasteiger partial charge in [0.05, 0.1) is 6.61 Å². The molecular weight excluding hydrogens is 212 g/mol. The molecule has 1 unspecified atom stereocenters. The molecule has 3 heteroatoms. The lowest BCUT2D eigenvalue weighted by Crippen LogP contribution is -2.32. The highest BCUT2D eigenvalue weighted by atomic mass is 16.3. The molecule has 0 bridgehead atoms. The van der Waals surface area contributed by atoms with Gasteiger partial charge < -0.3 is 10.0 Å². The predicted octanol–water partition coefficient (Wildman–Crippen LogP) is 2.43. The highest BCUT2D eigenvalue weighted by molar-refractivity contribution is 5.51. The summed E-state index contributed by atoms with van der Waals surface area (Å²) in [4.78, 5) is 6.83. The molecule has 0 aliphatic heterocycles. The molecular formula is C14H22N2O. The van der Waals surface area contributed by atoms with Crippen molar-refractivity contribution in [2.24, 2.45) is 5.92 Å². The fraction of sp³-hybridized carbons (Fsp3) is 0.643. The van der Waals surface area contributed by atoms with Crippen molar-refractivity contribution in [3.05, 3.63) is 22.9 Å². The normalized spacial score (nSPS) is 17.0. The minimum atomic E-state index is 0.0656. The number of hydrogen-bond donors (Lipinski definition) is 1. The lowest BCUT2D eigenvalue weighted by atomic mass is 10.1. The molecule has 1 aromatic heterocycles. The van der Waals surface area contributed by atoms with E-state index >= 15 is 0 Å². The maximum Gasteiger partial charge on any atom is 0.134 e. The summed E-state index contributed by atoms with van der Waals surface area (Å²) < 4.78 is 0. The number of aliphatic hydroxyl groups is 1. The number of rotatable bonds is 4. The Morgan fingerprint density at radius 2 is 2.12 bits per heavy atom. The zero-order valence-corrected chi connectivity index (χ0v) is 11.2. The van der Waals surface area contributed by atoms with Gasteiger partial charge in [-0.05, 0) is 51.2 Å². The molecule has 1 atom stereocenters. The minimum Gasteiger partial charge on any atom is -0.392 e.